The van der Waals surface area contributed by atoms with Gasteiger partial charge in [-0.05, 0) is 18.6 Å². The fourth-order valence-electron chi connectivity index (χ4n) is 1.35. The van der Waals surface area contributed by atoms with Crippen LogP contribution in [0, 0.1) is 0 Å². The quantitative estimate of drug-likeness (QED) is 0.399. The van der Waals surface area contributed by atoms with Crippen molar-refractivity contribution >= 4 is 10.1 Å². The Kier molecular flexibility index (Phi) is 9.18. The molecule has 1 aromatic carbocycles. The molecule has 3 nitrogen and oxygen atoms in total. The zero-order valence-electron chi connectivity index (χ0n) is 11.6. The van der Waals surface area contributed by atoms with Crippen LogP contribution in [0.3, 0.4) is 0 Å². The van der Waals surface area contributed by atoms with Crippen LogP contribution < -0.4 is 29.6 Å². The molecule has 17 heavy (non-hydrogen) atoms. The van der Waals surface area contributed by atoms with E-state index in [0.717, 1.165) is 25.7 Å². The number of hydrogen-bond acceptors (Lipinski definition) is 3. The van der Waals surface area contributed by atoms with E-state index in [4.69, 9.17) is 4.18 Å². The molecule has 0 saturated carbocycles. The largest absolute Gasteiger partial charge is 1.00 e. The molecule has 0 atom stereocenters. The molecule has 0 spiro atoms. The molecule has 1 aromatic rings. The molecule has 0 heterocycles. The van der Waals surface area contributed by atoms with Crippen LogP contribution in [0.2, 0.25) is 0 Å². The third-order valence-electron chi connectivity index (χ3n) is 2.27. The van der Waals surface area contributed by atoms with Crippen molar-refractivity contribution in [2.45, 2.75) is 37.5 Å². The third-order valence-corrected chi connectivity index (χ3v) is 3.59. The molecular formula is C12H19NaO3S. The number of hydrogen-bond donors (Lipinski definition) is 0. The van der Waals surface area contributed by atoms with Crippen molar-refractivity contribution in [2.24, 2.45) is 0 Å². The molecular weight excluding hydrogens is 247 g/mol. The second kappa shape index (κ2) is 9.11. The van der Waals surface area contributed by atoms with E-state index in [0.29, 0.717) is 0 Å². The summed E-state index contributed by atoms with van der Waals surface area (Å²) < 4.78 is 28.2. The molecule has 0 saturated heterocycles. The fourth-order valence-corrected chi connectivity index (χ4v) is 2.32. The summed E-state index contributed by atoms with van der Waals surface area (Å²) in [5.41, 5.74) is 0. The third kappa shape index (κ3) is 6.58. The van der Waals surface area contributed by atoms with E-state index in [1.807, 2.05) is 0 Å². The second-order valence-electron chi connectivity index (χ2n) is 3.65. The molecule has 92 valence electrons. The van der Waals surface area contributed by atoms with Crippen molar-refractivity contribution in [3.63, 3.8) is 0 Å². The minimum Gasteiger partial charge on any atom is -1.00 e. The van der Waals surface area contributed by atoms with E-state index < -0.39 is 10.1 Å². The molecule has 0 aliphatic heterocycles. The van der Waals surface area contributed by atoms with Crippen LogP contribution in [-0.4, -0.2) is 15.0 Å². The predicted octanol–water partition coefficient (Wildman–Crippen LogP) is 0.0887. The average Bonchev–Trinajstić information content (AvgIpc) is 2.30. The number of unbranched alkanes of at least 4 members (excludes halogenated alkanes) is 3. The number of rotatable bonds is 7. The maximum absolute atomic E-state index is 11.6. The second-order valence-corrected chi connectivity index (χ2v) is 5.27. The van der Waals surface area contributed by atoms with Crippen molar-refractivity contribution in [3.05, 3.63) is 30.3 Å². The van der Waals surface area contributed by atoms with Gasteiger partial charge in [-0.15, -0.1) is 0 Å². The summed E-state index contributed by atoms with van der Waals surface area (Å²) in [5.74, 6) is 0. The summed E-state index contributed by atoms with van der Waals surface area (Å²) in [6.07, 6.45) is 4.06. The maximum atomic E-state index is 11.6. The smallest absolute Gasteiger partial charge is 1.00 e. The number of benzene rings is 1. The first kappa shape index (κ1) is 17.1. The van der Waals surface area contributed by atoms with Gasteiger partial charge in [-0.25, -0.2) is 0 Å². The Hall–Kier alpha value is 0.130. The molecule has 0 aliphatic rings. The molecule has 0 aromatic heterocycles. The standard InChI is InChI=1S/C12H18O3S.Na.H/c1-2-3-4-8-11-15-16(13,14)12-9-6-5-7-10-12;;/h5-7,9-10H,2-4,8,11H2,1H3;;/q;+1;-1. The molecule has 0 radical (unpaired) electrons. The predicted molar refractivity (Wildman–Crippen MR) is 64.8 cm³/mol. The Labute approximate surface area is 127 Å². The van der Waals surface area contributed by atoms with Gasteiger partial charge in [0.15, 0.2) is 0 Å². The topological polar surface area (TPSA) is 43.4 Å². The first-order chi connectivity index (χ1) is 7.67. The summed E-state index contributed by atoms with van der Waals surface area (Å²) >= 11 is 0. The first-order valence-corrected chi connectivity index (χ1v) is 7.02. The van der Waals surface area contributed by atoms with Crippen molar-refractivity contribution in [2.75, 3.05) is 6.61 Å². The summed E-state index contributed by atoms with van der Waals surface area (Å²) in [7, 11) is -3.55. The molecule has 0 fully saturated rings. The van der Waals surface area contributed by atoms with Crippen LogP contribution in [0.1, 0.15) is 34.0 Å². The zero-order chi connectivity index (χ0) is 11.9. The molecule has 0 unspecified atom stereocenters. The fraction of sp³-hybridized carbons (Fsp3) is 0.500. The minimum absolute atomic E-state index is 0. The Balaban J connectivity index is 0. The van der Waals surface area contributed by atoms with Gasteiger partial charge in [-0.2, -0.15) is 8.42 Å². The van der Waals surface area contributed by atoms with E-state index in [-0.39, 0.29) is 42.5 Å². The van der Waals surface area contributed by atoms with Crippen molar-refractivity contribution in [1.29, 1.82) is 0 Å². The van der Waals surface area contributed by atoms with Gasteiger partial charge in [0, 0.05) is 0 Å². The van der Waals surface area contributed by atoms with Crippen LogP contribution in [0.4, 0.5) is 0 Å². The van der Waals surface area contributed by atoms with Crippen LogP contribution in [0.15, 0.2) is 35.2 Å². The van der Waals surface area contributed by atoms with E-state index >= 15 is 0 Å². The van der Waals surface area contributed by atoms with Crippen LogP contribution in [-0.2, 0) is 14.3 Å². The van der Waals surface area contributed by atoms with Gasteiger partial charge in [0.25, 0.3) is 10.1 Å². The molecule has 5 heteroatoms. The van der Waals surface area contributed by atoms with E-state index in [1.54, 1.807) is 30.3 Å². The maximum Gasteiger partial charge on any atom is 1.00 e. The molecule has 1 rings (SSSR count). The SMILES string of the molecule is CCCCCCOS(=O)(=O)c1ccccc1.[H-].[Na+]. The Bertz CT molecular complexity index is 395. The molecule has 0 aliphatic carbocycles. The Morgan fingerprint density at radius 2 is 1.76 bits per heavy atom. The van der Waals surface area contributed by atoms with Gasteiger partial charge in [-0.1, -0.05) is 44.4 Å². The van der Waals surface area contributed by atoms with Gasteiger partial charge < -0.3 is 1.43 Å². The summed E-state index contributed by atoms with van der Waals surface area (Å²) in [5, 5.41) is 0. The van der Waals surface area contributed by atoms with Gasteiger partial charge >= 0.3 is 29.6 Å². The van der Waals surface area contributed by atoms with Gasteiger partial charge in [0.1, 0.15) is 0 Å². The van der Waals surface area contributed by atoms with Gasteiger partial charge in [0.2, 0.25) is 0 Å². The van der Waals surface area contributed by atoms with Crippen LogP contribution in [0.25, 0.3) is 0 Å². The Morgan fingerprint density at radius 1 is 1.12 bits per heavy atom. The normalized spacial score (nSPS) is 10.9. The summed E-state index contributed by atoms with van der Waals surface area (Å²) in [6.45, 7) is 2.39. The summed E-state index contributed by atoms with van der Waals surface area (Å²) in [6, 6.07) is 8.24. The molecule has 0 amide bonds. The molecule has 0 bridgehead atoms. The molecule has 0 N–H and O–H groups in total. The van der Waals surface area contributed by atoms with E-state index in [9.17, 15) is 8.42 Å². The minimum atomic E-state index is -3.55. The van der Waals surface area contributed by atoms with Crippen molar-refractivity contribution in [1.82, 2.24) is 0 Å². The van der Waals surface area contributed by atoms with Crippen LogP contribution >= 0.6 is 0 Å². The zero-order valence-corrected chi connectivity index (χ0v) is 13.4. The van der Waals surface area contributed by atoms with E-state index in [2.05, 4.69) is 6.92 Å². The van der Waals surface area contributed by atoms with Crippen molar-refractivity contribution in [3.8, 4) is 0 Å². The summed E-state index contributed by atoms with van der Waals surface area (Å²) in [4.78, 5) is 0.227. The van der Waals surface area contributed by atoms with Gasteiger partial charge in [0.05, 0.1) is 11.5 Å². The Morgan fingerprint density at radius 3 is 2.35 bits per heavy atom. The van der Waals surface area contributed by atoms with Crippen molar-refractivity contribution < 1.29 is 43.6 Å². The monoisotopic (exact) mass is 266 g/mol. The van der Waals surface area contributed by atoms with Gasteiger partial charge in [-0.3, -0.25) is 4.18 Å². The average molecular weight is 266 g/mol. The first-order valence-electron chi connectivity index (χ1n) is 5.61. The van der Waals surface area contributed by atoms with Crippen LogP contribution in [0.5, 0.6) is 0 Å². The van der Waals surface area contributed by atoms with E-state index in [1.165, 1.54) is 0 Å².